The predicted octanol–water partition coefficient (Wildman–Crippen LogP) is 6.69. The normalized spacial score (nSPS) is 12.0. The molecule has 0 saturated heterocycles. The Kier molecular flexibility index (Phi) is 9.03. The summed E-state index contributed by atoms with van der Waals surface area (Å²) in [6, 6.07) is 17.2. The van der Waals surface area contributed by atoms with Crippen LogP contribution in [0.4, 0.5) is 9.52 Å². The highest BCUT2D eigenvalue weighted by atomic mass is 79.9. The molecule has 0 saturated carbocycles. The number of rotatable bonds is 10. The number of aromatic nitrogens is 1. The van der Waals surface area contributed by atoms with Crippen LogP contribution in [0.1, 0.15) is 42.6 Å². The van der Waals surface area contributed by atoms with Crippen molar-refractivity contribution in [3.8, 4) is 0 Å². The van der Waals surface area contributed by atoms with E-state index >= 15 is 0 Å². The van der Waals surface area contributed by atoms with Crippen molar-refractivity contribution in [2.24, 2.45) is 5.10 Å². The Labute approximate surface area is 233 Å². The Morgan fingerprint density at radius 3 is 2.32 bits per heavy atom. The number of hydrogen-bond acceptors (Lipinski definition) is 6. The lowest BCUT2D eigenvalue weighted by molar-refractivity contribution is 0.0987. The molecule has 0 aliphatic rings. The Morgan fingerprint density at radius 1 is 1.03 bits per heavy atom. The van der Waals surface area contributed by atoms with E-state index in [-0.39, 0.29) is 16.3 Å². The van der Waals surface area contributed by atoms with Crippen LogP contribution in [0, 0.1) is 5.82 Å². The molecule has 4 aromatic rings. The molecule has 0 radical (unpaired) electrons. The quantitative estimate of drug-likeness (QED) is 0.147. The van der Waals surface area contributed by atoms with E-state index in [4.69, 9.17) is 0 Å². The van der Waals surface area contributed by atoms with E-state index in [0.717, 1.165) is 9.17 Å². The van der Waals surface area contributed by atoms with Crippen LogP contribution in [0.3, 0.4) is 0 Å². The maximum atomic E-state index is 13.6. The molecule has 1 amide bonds. The Balaban J connectivity index is 1.69. The summed E-state index contributed by atoms with van der Waals surface area (Å²) in [6.07, 6.45) is 2.86. The third-order valence-corrected chi connectivity index (χ3v) is 8.99. The maximum absolute atomic E-state index is 13.6. The second kappa shape index (κ2) is 12.2. The zero-order valence-electron chi connectivity index (χ0n) is 20.8. The van der Waals surface area contributed by atoms with Crippen LogP contribution >= 0.6 is 27.3 Å². The number of benzene rings is 3. The zero-order chi connectivity index (χ0) is 27.3. The number of sulfonamides is 1. The Hall–Kier alpha value is -2.99. The SMILES string of the molecule is CCCN(CCC)S(=O)(=O)c1ccc(C(=O)N(/N=C/c2ccc(F)cc2)c2nc3ccc(Br)cc3s2)cc1. The van der Waals surface area contributed by atoms with E-state index in [1.165, 1.54) is 63.3 Å². The van der Waals surface area contributed by atoms with Crippen LogP contribution in [0.25, 0.3) is 10.2 Å². The van der Waals surface area contributed by atoms with Gasteiger partial charge in [-0.15, -0.1) is 0 Å². The van der Waals surface area contributed by atoms with E-state index in [9.17, 15) is 17.6 Å². The zero-order valence-corrected chi connectivity index (χ0v) is 24.1. The highest BCUT2D eigenvalue weighted by molar-refractivity contribution is 9.10. The second-order valence-corrected chi connectivity index (χ2v) is 12.3. The van der Waals surface area contributed by atoms with Crippen molar-refractivity contribution < 1.29 is 17.6 Å². The molecule has 1 heterocycles. The number of carbonyl (C=O) groups excluding carboxylic acids is 1. The number of anilines is 1. The van der Waals surface area contributed by atoms with E-state index in [1.807, 2.05) is 32.0 Å². The molecule has 0 bridgehead atoms. The van der Waals surface area contributed by atoms with Crippen molar-refractivity contribution in [2.45, 2.75) is 31.6 Å². The van der Waals surface area contributed by atoms with Gasteiger partial charge in [0.1, 0.15) is 5.82 Å². The summed E-state index contributed by atoms with van der Waals surface area (Å²) < 4.78 is 42.8. The minimum absolute atomic E-state index is 0.127. The molecule has 38 heavy (non-hydrogen) atoms. The lowest BCUT2D eigenvalue weighted by Crippen LogP contribution is -2.32. The highest BCUT2D eigenvalue weighted by Gasteiger charge is 2.25. The molecule has 11 heteroatoms. The molecule has 0 unspecified atom stereocenters. The molecule has 3 aromatic carbocycles. The van der Waals surface area contributed by atoms with Crippen molar-refractivity contribution in [1.29, 1.82) is 0 Å². The van der Waals surface area contributed by atoms with Crippen molar-refractivity contribution in [2.75, 3.05) is 18.1 Å². The number of hydrazone groups is 1. The third-order valence-electron chi connectivity index (χ3n) is 5.59. The average molecular weight is 618 g/mol. The van der Waals surface area contributed by atoms with E-state index in [0.29, 0.717) is 42.1 Å². The number of halogens is 2. The molecule has 7 nitrogen and oxygen atoms in total. The van der Waals surface area contributed by atoms with Crippen molar-refractivity contribution in [1.82, 2.24) is 9.29 Å². The molecular formula is C27H26BrFN4O3S2. The number of carbonyl (C=O) groups is 1. The third kappa shape index (κ3) is 6.35. The van der Waals surface area contributed by atoms with Crippen LogP contribution in [0.5, 0.6) is 0 Å². The minimum Gasteiger partial charge on any atom is -0.267 e. The fourth-order valence-electron chi connectivity index (χ4n) is 3.73. The van der Waals surface area contributed by atoms with Gasteiger partial charge in [0.15, 0.2) is 0 Å². The van der Waals surface area contributed by atoms with Crippen LogP contribution in [0.2, 0.25) is 0 Å². The van der Waals surface area contributed by atoms with Crippen molar-refractivity contribution in [3.05, 3.63) is 88.1 Å². The molecule has 4 rings (SSSR count). The smallest absolute Gasteiger partial charge is 0.267 e. The topological polar surface area (TPSA) is 82.9 Å². The molecular weight excluding hydrogens is 591 g/mol. The summed E-state index contributed by atoms with van der Waals surface area (Å²) in [6.45, 7) is 4.72. The predicted molar refractivity (Wildman–Crippen MR) is 154 cm³/mol. The van der Waals surface area contributed by atoms with Gasteiger partial charge in [-0.25, -0.2) is 17.8 Å². The second-order valence-electron chi connectivity index (χ2n) is 8.45. The van der Waals surface area contributed by atoms with E-state index in [2.05, 4.69) is 26.0 Å². The molecule has 198 valence electrons. The summed E-state index contributed by atoms with van der Waals surface area (Å²) in [4.78, 5) is 18.3. The number of amides is 1. The number of fused-ring (bicyclic) bond motifs is 1. The van der Waals surface area contributed by atoms with Gasteiger partial charge < -0.3 is 0 Å². The first-order chi connectivity index (χ1) is 18.2. The summed E-state index contributed by atoms with van der Waals surface area (Å²) in [5.74, 6) is -0.859. The first-order valence-corrected chi connectivity index (χ1v) is 15.1. The molecule has 0 fully saturated rings. The van der Waals surface area contributed by atoms with Gasteiger partial charge in [-0.2, -0.15) is 14.4 Å². The van der Waals surface area contributed by atoms with Gasteiger partial charge in [0.25, 0.3) is 5.91 Å². The lowest BCUT2D eigenvalue weighted by atomic mass is 10.2. The van der Waals surface area contributed by atoms with Crippen molar-refractivity contribution in [3.63, 3.8) is 0 Å². The molecule has 0 aliphatic carbocycles. The van der Waals surface area contributed by atoms with Gasteiger partial charge in [0.05, 0.1) is 21.3 Å². The van der Waals surface area contributed by atoms with Crippen LogP contribution in [0.15, 0.2) is 81.2 Å². The van der Waals surface area contributed by atoms with Gasteiger partial charge in [-0.05, 0) is 73.0 Å². The number of nitrogens with zero attached hydrogens (tertiary/aromatic N) is 4. The van der Waals surface area contributed by atoms with Gasteiger partial charge >= 0.3 is 0 Å². The standard InChI is InChI=1S/C27H26BrFN4O3S2/c1-3-15-32(16-4-2)38(35,36)23-12-7-20(8-13-23)26(34)33(30-18-19-5-10-22(29)11-6-19)27-31-24-14-9-21(28)17-25(24)37-27/h5-14,17-18H,3-4,15-16H2,1-2H3/b30-18+. The number of thiazole rings is 1. The summed E-state index contributed by atoms with van der Waals surface area (Å²) in [7, 11) is -3.68. The van der Waals surface area contributed by atoms with E-state index < -0.39 is 15.9 Å². The lowest BCUT2D eigenvalue weighted by Gasteiger charge is -2.21. The largest absolute Gasteiger partial charge is 0.280 e. The fraction of sp³-hybridized carbons (Fsp3) is 0.222. The summed E-state index contributed by atoms with van der Waals surface area (Å²) >= 11 is 4.74. The Morgan fingerprint density at radius 2 is 1.68 bits per heavy atom. The molecule has 0 atom stereocenters. The highest BCUT2D eigenvalue weighted by Crippen LogP contribution is 2.32. The van der Waals surface area contributed by atoms with Crippen LogP contribution < -0.4 is 5.01 Å². The Bertz CT molecular complexity index is 1550. The van der Waals surface area contributed by atoms with Crippen LogP contribution in [-0.2, 0) is 10.0 Å². The first-order valence-electron chi connectivity index (χ1n) is 12.0. The molecule has 0 spiro atoms. The summed E-state index contributed by atoms with van der Waals surface area (Å²) in [5, 5.41) is 5.90. The van der Waals surface area contributed by atoms with E-state index in [1.54, 1.807) is 12.1 Å². The van der Waals surface area contributed by atoms with Gasteiger partial charge in [0, 0.05) is 23.1 Å². The fourth-order valence-corrected chi connectivity index (χ4v) is 6.83. The molecule has 1 aromatic heterocycles. The van der Waals surface area contributed by atoms with Gasteiger partial charge in [-0.3, -0.25) is 4.79 Å². The average Bonchev–Trinajstić information content (AvgIpc) is 3.32. The monoisotopic (exact) mass is 616 g/mol. The van der Waals surface area contributed by atoms with Crippen LogP contribution in [-0.4, -0.2) is 42.9 Å². The van der Waals surface area contributed by atoms with Crippen molar-refractivity contribution >= 4 is 64.8 Å². The first kappa shape index (κ1) is 28.0. The minimum atomic E-state index is -3.68. The summed E-state index contributed by atoms with van der Waals surface area (Å²) in [5.41, 5.74) is 1.55. The molecule has 0 N–H and O–H groups in total. The number of hydrogen-bond donors (Lipinski definition) is 0. The van der Waals surface area contributed by atoms with Gasteiger partial charge in [0.2, 0.25) is 15.2 Å². The van der Waals surface area contributed by atoms with Gasteiger partial charge in [-0.1, -0.05) is 53.2 Å². The maximum Gasteiger partial charge on any atom is 0.280 e. The molecule has 0 aliphatic heterocycles.